The zero-order chi connectivity index (χ0) is 9.97. The Morgan fingerprint density at radius 2 is 2.50 bits per heavy atom. The fraction of sp³-hybridized carbons (Fsp3) is 0.889. The molecule has 0 aromatic carbocycles. The van der Waals surface area contributed by atoms with Crippen LogP contribution in [0.1, 0.15) is 0 Å². The van der Waals surface area contributed by atoms with Gasteiger partial charge in [-0.3, -0.25) is 9.69 Å². The van der Waals surface area contributed by atoms with Gasteiger partial charge in [0.1, 0.15) is 6.04 Å². The monoisotopic (exact) mass is 200 g/mol. The summed E-state index contributed by atoms with van der Waals surface area (Å²) in [7, 11) is 1.43. The van der Waals surface area contributed by atoms with Gasteiger partial charge in [-0.25, -0.2) is 0 Å². The van der Waals surface area contributed by atoms with Crippen LogP contribution >= 0.6 is 0 Å². The summed E-state index contributed by atoms with van der Waals surface area (Å²) in [6, 6.07) is 0.249. The van der Waals surface area contributed by atoms with Crippen molar-refractivity contribution in [2.45, 2.75) is 12.1 Å². The van der Waals surface area contributed by atoms with Crippen LogP contribution in [0, 0.1) is 0 Å². The maximum absolute atomic E-state index is 11.3. The van der Waals surface area contributed by atoms with Crippen molar-refractivity contribution in [1.29, 1.82) is 0 Å². The SMILES string of the molecule is COC(=O)[C@@H]1CN2CCOC[C@H]2CN1. The van der Waals surface area contributed by atoms with E-state index in [9.17, 15) is 4.79 Å². The van der Waals surface area contributed by atoms with Gasteiger partial charge in [0.05, 0.1) is 20.3 Å². The third kappa shape index (κ3) is 1.89. The van der Waals surface area contributed by atoms with Crippen LogP contribution in [0.4, 0.5) is 0 Å². The smallest absolute Gasteiger partial charge is 0.324 e. The van der Waals surface area contributed by atoms with Crippen molar-refractivity contribution in [2.75, 3.05) is 40.0 Å². The van der Waals surface area contributed by atoms with Gasteiger partial charge in [0, 0.05) is 25.7 Å². The van der Waals surface area contributed by atoms with Crippen molar-refractivity contribution in [3.63, 3.8) is 0 Å². The first-order chi connectivity index (χ1) is 6.81. The van der Waals surface area contributed by atoms with Gasteiger partial charge in [-0.15, -0.1) is 0 Å². The second kappa shape index (κ2) is 4.25. The predicted octanol–water partition coefficient (Wildman–Crippen LogP) is -1.17. The van der Waals surface area contributed by atoms with Crippen molar-refractivity contribution in [2.24, 2.45) is 0 Å². The standard InChI is InChI=1S/C9H16N2O3/c1-13-9(12)8-5-11-2-3-14-6-7(11)4-10-8/h7-8,10H,2-6H2,1H3/t7-,8+/m1/s1. The van der Waals surface area contributed by atoms with E-state index >= 15 is 0 Å². The number of fused-ring (bicyclic) bond motifs is 1. The molecule has 0 aromatic rings. The molecule has 2 heterocycles. The van der Waals surface area contributed by atoms with Crippen molar-refractivity contribution in [3.05, 3.63) is 0 Å². The Kier molecular flexibility index (Phi) is 3.00. The van der Waals surface area contributed by atoms with Crippen LogP contribution in [0.2, 0.25) is 0 Å². The number of piperazine rings is 1. The normalized spacial score (nSPS) is 33.5. The minimum absolute atomic E-state index is 0.171. The van der Waals surface area contributed by atoms with Crippen LogP contribution in [-0.2, 0) is 14.3 Å². The molecule has 5 nitrogen and oxygen atoms in total. The number of rotatable bonds is 1. The van der Waals surface area contributed by atoms with Gasteiger partial charge in [-0.2, -0.15) is 0 Å². The van der Waals surface area contributed by atoms with E-state index in [0.29, 0.717) is 6.04 Å². The number of esters is 1. The van der Waals surface area contributed by atoms with E-state index in [1.165, 1.54) is 7.11 Å². The van der Waals surface area contributed by atoms with E-state index in [0.717, 1.165) is 32.8 Å². The number of morpholine rings is 1. The van der Waals surface area contributed by atoms with Gasteiger partial charge >= 0.3 is 5.97 Å². The number of ether oxygens (including phenoxy) is 2. The Labute approximate surface area is 83.3 Å². The summed E-state index contributed by atoms with van der Waals surface area (Å²) in [6.07, 6.45) is 0. The first kappa shape index (κ1) is 9.89. The van der Waals surface area contributed by atoms with Gasteiger partial charge in [-0.1, -0.05) is 0 Å². The van der Waals surface area contributed by atoms with Crippen LogP contribution in [0.3, 0.4) is 0 Å². The maximum atomic E-state index is 11.3. The average molecular weight is 200 g/mol. The van der Waals surface area contributed by atoms with Gasteiger partial charge in [0.15, 0.2) is 0 Å². The average Bonchev–Trinajstić information content (AvgIpc) is 2.27. The molecule has 1 N–H and O–H groups in total. The molecule has 2 fully saturated rings. The van der Waals surface area contributed by atoms with Gasteiger partial charge in [0.2, 0.25) is 0 Å². The second-order valence-electron chi connectivity index (χ2n) is 3.71. The number of methoxy groups -OCH3 is 1. The molecule has 2 aliphatic heterocycles. The highest BCUT2D eigenvalue weighted by Crippen LogP contribution is 2.11. The molecule has 0 aliphatic carbocycles. The highest BCUT2D eigenvalue weighted by molar-refractivity contribution is 5.76. The van der Waals surface area contributed by atoms with E-state index < -0.39 is 0 Å². The van der Waals surface area contributed by atoms with Gasteiger partial charge in [0.25, 0.3) is 0 Å². The lowest BCUT2D eigenvalue weighted by atomic mass is 10.1. The summed E-state index contributed by atoms with van der Waals surface area (Å²) in [4.78, 5) is 13.6. The molecule has 0 radical (unpaired) electrons. The molecule has 5 heteroatoms. The van der Waals surface area contributed by atoms with Gasteiger partial charge in [-0.05, 0) is 0 Å². The van der Waals surface area contributed by atoms with Crippen molar-refractivity contribution < 1.29 is 14.3 Å². The lowest BCUT2D eigenvalue weighted by Gasteiger charge is -2.41. The molecular weight excluding hydrogens is 184 g/mol. The molecule has 0 aromatic heterocycles. The summed E-state index contributed by atoms with van der Waals surface area (Å²) in [5.41, 5.74) is 0. The number of carbonyl (C=O) groups is 1. The second-order valence-corrected chi connectivity index (χ2v) is 3.71. The number of nitrogens with zero attached hydrogens (tertiary/aromatic N) is 1. The molecular formula is C9H16N2O3. The zero-order valence-corrected chi connectivity index (χ0v) is 8.36. The highest BCUT2D eigenvalue weighted by Gasteiger charge is 2.33. The first-order valence-corrected chi connectivity index (χ1v) is 4.94. The van der Waals surface area contributed by atoms with Crippen molar-refractivity contribution in [3.8, 4) is 0 Å². The Balaban J connectivity index is 1.92. The molecule has 14 heavy (non-hydrogen) atoms. The molecule has 0 bridgehead atoms. The summed E-state index contributed by atoms with van der Waals surface area (Å²) < 4.78 is 10.1. The minimum atomic E-state index is -0.172. The van der Waals surface area contributed by atoms with Crippen LogP contribution < -0.4 is 5.32 Å². The molecule has 80 valence electrons. The summed E-state index contributed by atoms with van der Waals surface area (Å²) in [6.45, 7) is 3.99. The Morgan fingerprint density at radius 3 is 3.29 bits per heavy atom. The molecule has 0 amide bonds. The van der Waals surface area contributed by atoms with Crippen LogP contribution in [-0.4, -0.2) is 62.9 Å². The molecule has 2 atom stereocenters. The Bertz CT molecular complexity index is 222. The van der Waals surface area contributed by atoms with Crippen LogP contribution in [0.25, 0.3) is 0 Å². The van der Waals surface area contributed by atoms with E-state index in [4.69, 9.17) is 9.47 Å². The topological polar surface area (TPSA) is 50.8 Å². The maximum Gasteiger partial charge on any atom is 0.324 e. The minimum Gasteiger partial charge on any atom is -0.468 e. The fourth-order valence-electron chi connectivity index (χ4n) is 2.00. The molecule has 0 spiro atoms. The number of carbonyl (C=O) groups excluding carboxylic acids is 1. The summed E-state index contributed by atoms with van der Waals surface area (Å²) in [5, 5.41) is 3.17. The van der Waals surface area contributed by atoms with E-state index in [2.05, 4.69) is 10.2 Å². The van der Waals surface area contributed by atoms with Crippen LogP contribution in [0.15, 0.2) is 0 Å². The van der Waals surface area contributed by atoms with Gasteiger partial charge < -0.3 is 14.8 Å². The van der Waals surface area contributed by atoms with E-state index in [1.54, 1.807) is 0 Å². The molecule has 0 saturated carbocycles. The molecule has 2 saturated heterocycles. The number of nitrogens with one attached hydrogen (secondary N) is 1. The summed E-state index contributed by atoms with van der Waals surface area (Å²) >= 11 is 0. The van der Waals surface area contributed by atoms with Crippen molar-refractivity contribution in [1.82, 2.24) is 10.2 Å². The quantitative estimate of drug-likeness (QED) is 0.541. The lowest BCUT2D eigenvalue weighted by Crippen LogP contribution is -2.62. The Morgan fingerprint density at radius 1 is 1.64 bits per heavy atom. The first-order valence-electron chi connectivity index (χ1n) is 4.94. The molecule has 2 aliphatic rings. The Hall–Kier alpha value is -0.650. The van der Waals surface area contributed by atoms with E-state index in [1.807, 2.05) is 0 Å². The fourth-order valence-corrected chi connectivity index (χ4v) is 2.00. The summed E-state index contributed by atoms with van der Waals surface area (Å²) in [5.74, 6) is -0.171. The molecule has 2 rings (SSSR count). The highest BCUT2D eigenvalue weighted by atomic mass is 16.5. The lowest BCUT2D eigenvalue weighted by molar-refractivity contribution is -0.146. The van der Waals surface area contributed by atoms with E-state index in [-0.39, 0.29) is 12.0 Å². The molecule has 0 unspecified atom stereocenters. The zero-order valence-electron chi connectivity index (χ0n) is 8.36. The number of hydrogen-bond donors (Lipinski definition) is 1. The van der Waals surface area contributed by atoms with Crippen molar-refractivity contribution >= 4 is 5.97 Å². The number of hydrogen-bond acceptors (Lipinski definition) is 5. The third-order valence-corrected chi connectivity index (χ3v) is 2.85. The predicted molar refractivity (Wildman–Crippen MR) is 50.0 cm³/mol. The largest absolute Gasteiger partial charge is 0.468 e. The third-order valence-electron chi connectivity index (χ3n) is 2.85. The van der Waals surface area contributed by atoms with Crippen LogP contribution in [0.5, 0.6) is 0 Å².